The standard InChI is InChI=1S/C29H23ClFN3O4/c30-19-8-11-23-21(15-19)22(14-17-4-2-1-3-5-17)28(29(38)32-23)24-16-25(18-6-9-20(31)10-7-18)34(33-24)26(35)12-13-27(36)37/h1-11,15,25H,12-14,16H2,(H,32,38)(H,36,37). The number of carbonyl (C=O) groups is 2. The van der Waals surface area contributed by atoms with Crippen LogP contribution in [-0.4, -0.2) is 32.7 Å². The SMILES string of the molecule is O=C(O)CCC(=O)N1N=C(c2c(Cc3ccccc3)c3cc(Cl)ccc3[nH]c2=O)CC1c1ccc(F)cc1. The molecule has 2 N–H and O–H groups in total. The van der Waals surface area contributed by atoms with Crippen LogP contribution < -0.4 is 5.56 Å². The van der Waals surface area contributed by atoms with Gasteiger partial charge in [-0.15, -0.1) is 0 Å². The fraction of sp³-hybridized carbons (Fsp3) is 0.172. The van der Waals surface area contributed by atoms with E-state index in [1.807, 2.05) is 30.3 Å². The molecule has 0 saturated heterocycles. The van der Waals surface area contributed by atoms with Crippen LogP contribution in [0.2, 0.25) is 5.02 Å². The molecule has 5 rings (SSSR count). The highest BCUT2D eigenvalue weighted by Crippen LogP contribution is 2.35. The van der Waals surface area contributed by atoms with Crippen molar-refractivity contribution in [1.82, 2.24) is 9.99 Å². The molecule has 1 unspecified atom stereocenters. The van der Waals surface area contributed by atoms with Crippen molar-refractivity contribution in [2.24, 2.45) is 5.10 Å². The van der Waals surface area contributed by atoms with Crippen LogP contribution in [0.25, 0.3) is 10.9 Å². The number of H-pyrrole nitrogens is 1. The van der Waals surface area contributed by atoms with E-state index in [4.69, 9.17) is 16.7 Å². The van der Waals surface area contributed by atoms with Gasteiger partial charge in [0.15, 0.2) is 0 Å². The number of aliphatic carboxylic acids is 1. The molecule has 3 aromatic carbocycles. The summed E-state index contributed by atoms with van der Waals surface area (Å²) in [7, 11) is 0. The quantitative estimate of drug-likeness (QED) is 0.331. The minimum atomic E-state index is -1.10. The Morgan fingerprint density at radius 1 is 1.05 bits per heavy atom. The number of hydrogen-bond donors (Lipinski definition) is 2. The van der Waals surface area contributed by atoms with E-state index in [9.17, 15) is 18.8 Å². The monoisotopic (exact) mass is 531 g/mol. The summed E-state index contributed by atoms with van der Waals surface area (Å²) < 4.78 is 13.6. The zero-order valence-electron chi connectivity index (χ0n) is 20.2. The van der Waals surface area contributed by atoms with Crippen molar-refractivity contribution in [2.45, 2.75) is 31.7 Å². The minimum absolute atomic E-state index is 0.196. The van der Waals surface area contributed by atoms with Crippen LogP contribution in [0.1, 0.15) is 47.6 Å². The number of hydrogen-bond acceptors (Lipinski definition) is 4. The molecule has 0 radical (unpaired) electrons. The van der Waals surface area contributed by atoms with Gasteiger partial charge in [0.1, 0.15) is 5.82 Å². The van der Waals surface area contributed by atoms with Crippen LogP contribution in [0.5, 0.6) is 0 Å². The smallest absolute Gasteiger partial charge is 0.303 e. The first kappa shape index (κ1) is 25.4. The number of amides is 1. The zero-order valence-corrected chi connectivity index (χ0v) is 20.9. The first-order valence-corrected chi connectivity index (χ1v) is 12.4. The normalized spacial score (nSPS) is 15.1. The molecule has 0 spiro atoms. The van der Waals surface area contributed by atoms with Crippen molar-refractivity contribution in [3.05, 3.63) is 116 Å². The average molecular weight is 532 g/mol. The lowest BCUT2D eigenvalue weighted by atomic mass is 9.91. The molecule has 9 heteroatoms. The summed E-state index contributed by atoms with van der Waals surface area (Å²) in [6, 6.07) is 20.0. The van der Waals surface area contributed by atoms with Gasteiger partial charge in [-0.1, -0.05) is 54.1 Å². The van der Waals surface area contributed by atoms with Gasteiger partial charge >= 0.3 is 5.97 Å². The van der Waals surface area contributed by atoms with E-state index in [2.05, 4.69) is 10.1 Å². The molecule has 0 aliphatic carbocycles. The van der Waals surface area contributed by atoms with Crippen molar-refractivity contribution in [3.63, 3.8) is 0 Å². The Morgan fingerprint density at radius 3 is 2.50 bits per heavy atom. The molecule has 38 heavy (non-hydrogen) atoms. The molecule has 1 aromatic heterocycles. The Balaban J connectivity index is 1.65. The summed E-state index contributed by atoms with van der Waals surface area (Å²) in [5.74, 6) is -2.03. The number of nitrogens with one attached hydrogen (secondary N) is 1. The van der Waals surface area contributed by atoms with Crippen LogP contribution in [0.15, 0.2) is 82.7 Å². The van der Waals surface area contributed by atoms with Crippen LogP contribution in [0.4, 0.5) is 4.39 Å². The number of aromatic nitrogens is 1. The molecule has 1 atom stereocenters. The Bertz CT molecular complexity index is 1620. The van der Waals surface area contributed by atoms with Gasteiger partial charge in [0.2, 0.25) is 5.91 Å². The maximum Gasteiger partial charge on any atom is 0.303 e. The summed E-state index contributed by atoms with van der Waals surface area (Å²) in [5, 5.41) is 16.1. The van der Waals surface area contributed by atoms with Crippen molar-refractivity contribution in [3.8, 4) is 0 Å². The number of aromatic amines is 1. The molecule has 192 valence electrons. The second kappa shape index (κ2) is 10.6. The fourth-order valence-electron chi connectivity index (χ4n) is 4.78. The fourth-order valence-corrected chi connectivity index (χ4v) is 4.96. The Hall–Kier alpha value is -4.30. The number of pyridine rings is 1. The molecule has 0 saturated carbocycles. The second-order valence-corrected chi connectivity index (χ2v) is 9.55. The van der Waals surface area contributed by atoms with Gasteiger partial charge in [-0.3, -0.25) is 14.4 Å². The van der Waals surface area contributed by atoms with E-state index in [0.717, 1.165) is 10.9 Å². The second-order valence-electron chi connectivity index (χ2n) is 9.11. The first-order valence-electron chi connectivity index (χ1n) is 12.1. The molecular weight excluding hydrogens is 509 g/mol. The molecule has 7 nitrogen and oxygen atoms in total. The number of nitrogens with zero attached hydrogens (tertiary/aromatic N) is 2. The van der Waals surface area contributed by atoms with Gasteiger partial charge < -0.3 is 10.1 Å². The molecule has 1 aliphatic heterocycles. The number of benzene rings is 3. The number of halogens is 2. The summed E-state index contributed by atoms with van der Waals surface area (Å²) in [6.45, 7) is 0. The molecule has 4 aromatic rings. The van der Waals surface area contributed by atoms with Gasteiger partial charge in [-0.05, 0) is 53.4 Å². The van der Waals surface area contributed by atoms with Crippen molar-refractivity contribution in [1.29, 1.82) is 0 Å². The predicted molar refractivity (Wildman–Crippen MR) is 143 cm³/mol. The van der Waals surface area contributed by atoms with Crippen LogP contribution in [0, 0.1) is 5.82 Å². The van der Waals surface area contributed by atoms with Crippen molar-refractivity contribution >= 4 is 40.1 Å². The minimum Gasteiger partial charge on any atom is -0.481 e. The molecule has 1 aliphatic rings. The van der Waals surface area contributed by atoms with E-state index in [-0.39, 0.29) is 24.8 Å². The highest BCUT2D eigenvalue weighted by Gasteiger charge is 2.35. The summed E-state index contributed by atoms with van der Waals surface area (Å²) in [4.78, 5) is 40.6. The molecule has 2 heterocycles. The highest BCUT2D eigenvalue weighted by atomic mass is 35.5. The lowest BCUT2D eigenvalue weighted by Gasteiger charge is -2.21. The number of carbonyl (C=O) groups excluding carboxylic acids is 1. The van der Waals surface area contributed by atoms with Crippen molar-refractivity contribution < 1.29 is 19.1 Å². The number of carboxylic acids is 1. The average Bonchev–Trinajstić information content (AvgIpc) is 3.33. The topological polar surface area (TPSA) is 103 Å². The van der Waals surface area contributed by atoms with E-state index in [1.165, 1.54) is 17.1 Å². The third kappa shape index (κ3) is 5.21. The van der Waals surface area contributed by atoms with Gasteiger partial charge in [-0.2, -0.15) is 5.10 Å². The Kier molecular flexibility index (Phi) is 7.07. The number of fused-ring (bicyclic) bond motifs is 1. The molecular formula is C29H23ClFN3O4. The van der Waals surface area contributed by atoms with Gasteiger partial charge in [0.25, 0.3) is 5.56 Å². The van der Waals surface area contributed by atoms with Crippen LogP contribution in [0.3, 0.4) is 0 Å². The van der Waals surface area contributed by atoms with E-state index in [0.29, 0.717) is 39.4 Å². The van der Waals surface area contributed by atoms with Crippen LogP contribution >= 0.6 is 11.6 Å². The maximum absolute atomic E-state index is 13.6. The summed E-state index contributed by atoms with van der Waals surface area (Å²) in [5.41, 5.74) is 3.30. The molecule has 0 bridgehead atoms. The van der Waals surface area contributed by atoms with Gasteiger partial charge in [-0.25, -0.2) is 9.40 Å². The van der Waals surface area contributed by atoms with E-state index < -0.39 is 23.7 Å². The summed E-state index contributed by atoms with van der Waals surface area (Å²) in [6.07, 6.45) is 0.000517. The predicted octanol–water partition coefficient (Wildman–Crippen LogP) is 5.45. The van der Waals surface area contributed by atoms with Crippen molar-refractivity contribution in [2.75, 3.05) is 0 Å². The summed E-state index contributed by atoms with van der Waals surface area (Å²) >= 11 is 6.33. The lowest BCUT2D eigenvalue weighted by Crippen LogP contribution is -2.27. The Morgan fingerprint density at radius 2 is 1.79 bits per heavy atom. The van der Waals surface area contributed by atoms with Gasteiger partial charge in [0, 0.05) is 28.8 Å². The third-order valence-electron chi connectivity index (χ3n) is 6.57. The van der Waals surface area contributed by atoms with E-state index in [1.54, 1.807) is 30.3 Å². The maximum atomic E-state index is 13.6. The molecule has 1 amide bonds. The number of rotatable bonds is 7. The Labute approximate surface area is 222 Å². The lowest BCUT2D eigenvalue weighted by molar-refractivity contribution is -0.141. The van der Waals surface area contributed by atoms with Crippen LogP contribution in [-0.2, 0) is 16.0 Å². The largest absolute Gasteiger partial charge is 0.481 e. The third-order valence-corrected chi connectivity index (χ3v) is 6.80. The molecule has 0 fully saturated rings. The zero-order chi connectivity index (χ0) is 26.8. The number of hydrazone groups is 1. The first-order chi connectivity index (χ1) is 18.3. The van der Waals surface area contributed by atoms with Gasteiger partial charge in [0.05, 0.1) is 23.7 Å². The number of carboxylic acid groups (broad SMARTS) is 1. The highest BCUT2D eigenvalue weighted by molar-refractivity contribution is 6.31. The van der Waals surface area contributed by atoms with E-state index >= 15 is 0 Å².